The van der Waals surface area contributed by atoms with E-state index in [-0.39, 0.29) is 19.1 Å². The highest BCUT2D eigenvalue weighted by atomic mass is 35.5. The summed E-state index contributed by atoms with van der Waals surface area (Å²) >= 11 is 6.14. The Balaban J connectivity index is 1.85. The van der Waals surface area contributed by atoms with Crippen LogP contribution >= 0.6 is 11.6 Å². The molecular weight excluding hydrogens is 434 g/mol. The third-order valence-corrected chi connectivity index (χ3v) is 4.60. The van der Waals surface area contributed by atoms with Gasteiger partial charge < -0.3 is 25.4 Å². The maximum absolute atomic E-state index is 12.2. The Morgan fingerprint density at radius 2 is 1.50 bits per heavy atom. The molecule has 0 aliphatic carbocycles. The molecule has 0 radical (unpaired) electrons. The van der Waals surface area contributed by atoms with E-state index >= 15 is 0 Å². The van der Waals surface area contributed by atoms with Gasteiger partial charge in [-0.2, -0.15) is 0 Å². The maximum Gasteiger partial charge on any atom is 0.408 e. The van der Waals surface area contributed by atoms with Crippen LogP contribution in [-0.4, -0.2) is 36.7 Å². The van der Waals surface area contributed by atoms with E-state index in [1.807, 2.05) is 13.8 Å². The standard InChI is InChI=1S/C23H28ClN3O5/c1-14-9-18(10-15(2)21(14)24)31-13-20(29)27-17-8-6-7-16(11-17)26-19(28)12-25-22(30)32-23(3,4)5/h6-11H,12-13H2,1-5H3,(H,25,30)(H,26,28)(H,27,29). The zero-order valence-electron chi connectivity index (χ0n) is 18.8. The van der Waals surface area contributed by atoms with Gasteiger partial charge >= 0.3 is 6.09 Å². The van der Waals surface area contributed by atoms with Gasteiger partial charge in [-0.3, -0.25) is 9.59 Å². The van der Waals surface area contributed by atoms with Crippen molar-refractivity contribution in [3.63, 3.8) is 0 Å². The number of benzene rings is 2. The van der Waals surface area contributed by atoms with E-state index in [0.29, 0.717) is 22.1 Å². The Hall–Kier alpha value is -3.26. The number of rotatable bonds is 7. The van der Waals surface area contributed by atoms with E-state index in [4.69, 9.17) is 21.1 Å². The Morgan fingerprint density at radius 1 is 0.938 bits per heavy atom. The summed E-state index contributed by atoms with van der Waals surface area (Å²) in [6.45, 7) is 8.49. The van der Waals surface area contributed by atoms with E-state index in [1.54, 1.807) is 57.2 Å². The van der Waals surface area contributed by atoms with Gasteiger partial charge in [-0.1, -0.05) is 17.7 Å². The third-order valence-electron chi connectivity index (χ3n) is 4.00. The molecule has 0 saturated carbocycles. The number of hydrogen-bond donors (Lipinski definition) is 3. The second kappa shape index (κ2) is 10.9. The maximum atomic E-state index is 12.2. The average molecular weight is 462 g/mol. The van der Waals surface area contributed by atoms with Crippen LogP contribution in [0.15, 0.2) is 36.4 Å². The van der Waals surface area contributed by atoms with E-state index in [1.165, 1.54) is 0 Å². The number of carbonyl (C=O) groups is 3. The van der Waals surface area contributed by atoms with E-state index in [0.717, 1.165) is 11.1 Å². The SMILES string of the molecule is Cc1cc(OCC(=O)Nc2cccc(NC(=O)CNC(=O)OC(C)(C)C)c2)cc(C)c1Cl. The molecule has 3 amide bonds. The number of alkyl carbamates (subject to hydrolysis) is 1. The largest absolute Gasteiger partial charge is 0.484 e. The first-order valence-electron chi connectivity index (χ1n) is 9.99. The summed E-state index contributed by atoms with van der Waals surface area (Å²) in [6, 6.07) is 10.2. The summed E-state index contributed by atoms with van der Waals surface area (Å²) in [5.41, 5.74) is 2.03. The summed E-state index contributed by atoms with van der Waals surface area (Å²) < 4.78 is 10.6. The molecule has 2 rings (SSSR count). The first-order chi connectivity index (χ1) is 14.9. The van der Waals surface area contributed by atoms with Crippen LogP contribution in [0.1, 0.15) is 31.9 Å². The molecule has 9 heteroatoms. The Bertz CT molecular complexity index is 978. The number of nitrogens with one attached hydrogen (secondary N) is 3. The van der Waals surface area contributed by atoms with Gasteiger partial charge in [0.1, 0.15) is 17.9 Å². The number of hydrogen-bond acceptors (Lipinski definition) is 5. The van der Waals surface area contributed by atoms with Gasteiger partial charge in [-0.25, -0.2) is 4.79 Å². The molecule has 2 aromatic rings. The first kappa shape index (κ1) is 25.0. The molecule has 0 unspecified atom stereocenters. The molecule has 2 aromatic carbocycles. The van der Waals surface area contributed by atoms with Crippen molar-refractivity contribution in [2.24, 2.45) is 0 Å². The number of carbonyl (C=O) groups excluding carboxylic acids is 3. The van der Waals surface area contributed by atoms with E-state index in [9.17, 15) is 14.4 Å². The van der Waals surface area contributed by atoms with Crippen molar-refractivity contribution >= 4 is 40.9 Å². The van der Waals surface area contributed by atoms with Crippen molar-refractivity contribution in [2.75, 3.05) is 23.8 Å². The molecule has 0 aliphatic rings. The van der Waals surface area contributed by atoms with Gasteiger partial charge in [0.15, 0.2) is 6.61 Å². The van der Waals surface area contributed by atoms with Crippen LogP contribution in [0.3, 0.4) is 0 Å². The van der Waals surface area contributed by atoms with Gasteiger partial charge in [0.25, 0.3) is 5.91 Å². The molecule has 3 N–H and O–H groups in total. The molecular formula is C23H28ClN3O5. The lowest BCUT2D eigenvalue weighted by molar-refractivity contribution is -0.118. The number of amides is 3. The van der Waals surface area contributed by atoms with Crippen molar-refractivity contribution in [1.82, 2.24) is 5.32 Å². The van der Waals surface area contributed by atoms with Gasteiger partial charge in [0.05, 0.1) is 0 Å². The van der Waals surface area contributed by atoms with Crippen LogP contribution in [-0.2, 0) is 14.3 Å². The number of anilines is 2. The van der Waals surface area contributed by atoms with E-state index in [2.05, 4.69) is 16.0 Å². The lowest BCUT2D eigenvalue weighted by atomic mass is 10.1. The van der Waals surface area contributed by atoms with Gasteiger partial charge in [0, 0.05) is 16.4 Å². The lowest BCUT2D eigenvalue weighted by Crippen LogP contribution is -2.37. The summed E-state index contributed by atoms with van der Waals surface area (Å²) in [5, 5.41) is 8.41. The van der Waals surface area contributed by atoms with Crippen molar-refractivity contribution in [3.05, 3.63) is 52.5 Å². The van der Waals surface area contributed by atoms with Gasteiger partial charge in [0.2, 0.25) is 5.91 Å². The van der Waals surface area contributed by atoms with Crippen LogP contribution < -0.4 is 20.7 Å². The molecule has 0 spiro atoms. The zero-order chi connectivity index (χ0) is 23.9. The number of aryl methyl sites for hydroxylation is 2. The molecule has 172 valence electrons. The molecule has 0 aliphatic heterocycles. The van der Waals surface area contributed by atoms with Crippen LogP contribution in [0.4, 0.5) is 16.2 Å². The Labute approximate surface area is 192 Å². The predicted octanol–water partition coefficient (Wildman–Crippen LogP) is 4.44. The number of halogens is 1. The smallest absolute Gasteiger partial charge is 0.408 e. The quantitative estimate of drug-likeness (QED) is 0.565. The first-order valence-corrected chi connectivity index (χ1v) is 10.4. The summed E-state index contributed by atoms with van der Waals surface area (Å²) in [5.74, 6) is -0.237. The van der Waals surface area contributed by atoms with Crippen LogP contribution in [0.5, 0.6) is 5.75 Å². The Kier molecular flexibility index (Phi) is 8.48. The molecule has 8 nitrogen and oxygen atoms in total. The summed E-state index contributed by atoms with van der Waals surface area (Å²) in [4.78, 5) is 35.9. The molecule has 0 saturated heterocycles. The normalized spacial score (nSPS) is 10.8. The van der Waals surface area contributed by atoms with Crippen LogP contribution in [0.25, 0.3) is 0 Å². The second-order valence-electron chi connectivity index (χ2n) is 8.19. The zero-order valence-corrected chi connectivity index (χ0v) is 19.6. The molecule has 0 atom stereocenters. The minimum absolute atomic E-state index is 0.184. The topological polar surface area (TPSA) is 106 Å². The fraction of sp³-hybridized carbons (Fsp3) is 0.348. The highest BCUT2D eigenvalue weighted by Gasteiger charge is 2.16. The minimum Gasteiger partial charge on any atom is -0.484 e. The molecule has 0 aromatic heterocycles. The highest BCUT2D eigenvalue weighted by molar-refractivity contribution is 6.32. The van der Waals surface area contributed by atoms with Crippen LogP contribution in [0.2, 0.25) is 5.02 Å². The van der Waals surface area contributed by atoms with Crippen molar-refractivity contribution in [3.8, 4) is 5.75 Å². The monoisotopic (exact) mass is 461 g/mol. The van der Waals surface area contributed by atoms with Crippen molar-refractivity contribution in [1.29, 1.82) is 0 Å². The number of ether oxygens (including phenoxy) is 2. The average Bonchev–Trinajstić information content (AvgIpc) is 2.68. The molecule has 0 bridgehead atoms. The van der Waals surface area contributed by atoms with Crippen molar-refractivity contribution in [2.45, 2.75) is 40.2 Å². The van der Waals surface area contributed by atoms with Crippen molar-refractivity contribution < 1.29 is 23.9 Å². The predicted molar refractivity (Wildman–Crippen MR) is 124 cm³/mol. The molecule has 32 heavy (non-hydrogen) atoms. The van der Waals surface area contributed by atoms with E-state index < -0.39 is 17.6 Å². The summed E-state index contributed by atoms with van der Waals surface area (Å²) in [7, 11) is 0. The van der Waals surface area contributed by atoms with Gasteiger partial charge in [-0.05, 0) is 76.1 Å². The molecule has 0 fully saturated rings. The fourth-order valence-electron chi connectivity index (χ4n) is 2.68. The minimum atomic E-state index is -0.681. The van der Waals surface area contributed by atoms with Crippen LogP contribution in [0, 0.1) is 13.8 Å². The fourth-order valence-corrected chi connectivity index (χ4v) is 2.79. The van der Waals surface area contributed by atoms with Gasteiger partial charge in [-0.15, -0.1) is 0 Å². The third kappa shape index (κ3) is 8.47. The second-order valence-corrected chi connectivity index (χ2v) is 8.57. The Morgan fingerprint density at radius 3 is 2.06 bits per heavy atom. The highest BCUT2D eigenvalue weighted by Crippen LogP contribution is 2.25. The lowest BCUT2D eigenvalue weighted by Gasteiger charge is -2.19. The molecule has 0 heterocycles. The summed E-state index contributed by atoms with van der Waals surface area (Å²) in [6.07, 6.45) is -0.681.